The van der Waals surface area contributed by atoms with E-state index in [1.165, 1.54) is 0 Å². The molecule has 0 radical (unpaired) electrons. The summed E-state index contributed by atoms with van der Waals surface area (Å²) >= 11 is 0. The van der Waals surface area contributed by atoms with E-state index in [2.05, 4.69) is 17.6 Å². The van der Waals surface area contributed by atoms with Crippen molar-refractivity contribution in [2.75, 3.05) is 6.54 Å². The molecular formula is C7H12N2O. The third-order valence-corrected chi connectivity index (χ3v) is 1.43. The van der Waals surface area contributed by atoms with E-state index in [1.807, 2.05) is 6.08 Å². The molecular weight excluding hydrogens is 128 g/mol. The van der Waals surface area contributed by atoms with Gasteiger partial charge in [0.1, 0.15) is 12.3 Å². The van der Waals surface area contributed by atoms with Crippen molar-refractivity contribution in [2.45, 2.75) is 19.4 Å². The molecule has 10 heavy (non-hydrogen) atoms. The maximum atomic E-state index is 10.2. The largest absolute Gasteiger partial charge is 0.370 e. The van der Waals surface area contributed by atoms with Crippen LogP contribution in [0.2, 0.25) is 0 Å². The van der Waals surface area contributed by atoms with E-state index in [1.54, 1.807) is 0 Å². The van der Waals surface area contributed by atoms with E-state index in [-0.39, 0.29) is 6.04 Å². The molecule has 1 atom stereocenters. The van der Waals surface area contributed by atoms with Crippen molar-refractivity contribution < 1.29 is 4.79 Å². The first kappa shape index (κ1) is 7.12. The van der Waals surface area contributed by atoms with Gasteiger partial charge in [0.15, 0.2) is 0 Å². The summed E-state index contributed by atoms with van der Waals surface area (Å²) in [6.45, 7) is 2.78. The molecule has 0 aromatic rings. The molecule has 1 rings (SSSR count). The predicted molar refractivity (Wildman–Crippen MR) is 39.4 cm³/mol. The second-order valence-electron chi connectivity index (χ2n) is 2.29. The molecule has 2 N–H and O–H groups in total. The number of nitrogens with one attached hydrogen (secondary N) is 2. The van der Waals surface area contributed by atoms with Gasteiger partial charge in [-0.2, -0.15) is 0 Å². The van der Waals surface area contributed by atoms with Gasteiger partial charge < -0.3 is 15.4 Å². The number of carbonyl (C=O) groups excluding carboxylic acids is 1. The standard InChI is InChI=1S/C7H12N2O/c1-2-3-7-8-4-6(5-10)9-7/h3,5-6,8-9H,2,4H2,1H3. The minimum absolute atomic E-state index is 0.0298. The lowest BCUT2D eigenvalue weighted by atomic mass is 10.4. The van der Waals surface area contributed by atoms with Crippen molar-refractivity contribution in [3.05, 3.63) is 11.9 Å². The minimum Gasteiger partial charge on any atom is -0.370 e. The summed E-state index contributed by atoms with van der Waals surface area (Å²) in [6.07, 6.45) is 3.94. The van der Waals surface area contributed by atoms with Gasteiger partial charge in [-0.05, 0) is 12.5 Å². The van der Waals surface area contributed by atoms with Crippen LogP contribution < -0.4 is 10.6 Å². The van der Waals surface area contributed by atoms with Gasteiger partial charge >= 0.3 is 0 Å². The Morgan fingerprint density at radius 1 is 1.80 bits per heavy atom. The predicted octanol–water partition coefficient (Wildman–Crippen LogP) is -0.00190. The smallest absolute Gasteiger partial charge is 0.144 e. The van der Waals surface area contributed by atoms with Gasteiger partial charge in [0.05, 0.1) is 5.82 Å². The van der Waals surface area contributed by atoms with Crippen LogP contribution in [-0.2, 0) is 4.79 Å². The van der Waals surface area contributed by atoms with E-state index in [9.17, 15) is 4.79 Å². The lowest BCUT2D eigenvalue weighted by Crippen LogP contribution is -2.23. The molecule has 1 fully saturated rings. The zero-order valence-corrected chi connectivity index (χ0v) is 6.05. The van der Waals surface area contributed by atoms with Gasteiger partial charge in [0.25, 0.3) is 0 Å². The summed E-state index contributed by atoms with van der Waals surface area (Å²) in [7, 11) is 0. The van der Waals surface area contributed by atoms with E-state index < -0.39 is 0 Å². The summed E-state index contributed by atoms with van der Waals surface area (Å²) in [5, 5.41) is 6.10. The number of hydrogen-bond donors (Lipinski definition) is 2. The average molecular weight is 140 g/mol. The Balaban J connectivity index is 2.42. The molecule has 3 nitrogen and oxygen atoms in total. The van der Waals surface area contributed by atoms with Crippen LogP contribution in [0.15, 0.2) is 11.9 Å². The number of allylic oxidation sites excluding steroid dienone is 1. The molecule has 1 saturated heterocycles. The quantitative estimate of drug-likeness (QED) is 0.530. The molecule has 0 aromatic carbocycles. The Kier molecular flexibility index (Phi) is 2.31. The zero-order valence-electron chi connectivity index (χ0n) is 6.05. The first-order valence-electron chi connectivity index (χ1n) is 3.52. The number of carbonyl (C=O) groups is 1. The van der Waals surface area contributed by atoms with E-state index in [0.29, 0.717) is 0 Å². The summed E-state index contributed by atoms with van der Waals surface area (Å²) in [5.74, 6) is 0.986. The lowest BCUT2D eigenvalue weighted by Gasteiger charge is -1.98. The Bertz CT molecular complexity index is 154. The molecule has 0 amide bonds. The average Bonchev–Trinajstić information content (AvgIpc) is 2.37. The Labute approximate surface area is 60.5 Å². The molecule has 0 aliphatic carbocycles. The van der Waals surface area contributed by atoms with E-state index >= 15 is 0 Å². The highest BCUT2D eigenvalue weighted by molar-refractivity contribution is 5.59. The molecule has 0 aromatic heterocycles. The maximum Gasteiger partial charge on any atom is 0.144 e. The van der Waals surface area contributed by atoms with Crippen molar-refractivity contribution in [3.63, 3.8) is 0 Å². The molecule has 1 aliphatic rings. The van der Waals surface area contributed by atoms with Crippen molar-refractivity contribution in [1.29, 1.82) is 0 Å². The van der Waals surface area contributed by atoms with Crippen molar-refractivity contribution in [3.8, 4) is 0 Å². The summed E-state index contributed by atoms with van der Waals surface area (Å²) in [4.78, 5) is 10.2. The molecule has 0 saturated carbocycles. The number of rotatable bonds is 2. The van der Waals surface area contributed by atoms with Crippen LogP contribution in [0.1, 0.15) is 13.3 Å². The van der Waals surface area contributed by atoms with Gasteiger partial charge in [-0.3, -0.25) is 0 Å². The zero-order chi connectivity index (χ0) is 7.40. The number of hydrogen-bond acceptors (Lipinski definition) is 3. The molecule has 0 bridgehead atoms. The van der Waals surface area contributed by atoms with Crippen LogP contribution in [0.25, 0.3) is 0 Å². The fraction of sp³-hybridized carbons (Fsp3) is 0.571. The molecule has 56 valence electrons. The van der Waals surface area contributed by atoms with Crippen molar-refractivity contribution in [1.82, 2.24) is 10.6 Å². The summed E-state index contributed by atoms with van der Waals surface area (Å²) in [5.41, 5.74) is 0. The molecule has 1 unspecified atom stereocenters. The fourth-order valence-corrected chi connectivity index (χ4v) is 0.939. The summed E-state index contributed by atoms with van der Waals surface area (Å²) in [6, 6.07) is -0.0298. The number of aldehydes is 1. The van der Waals surface area contributed by atoms with Crippen LogP contribution in [0.4, 0.5) is 0 Å². The van der Waals surface area contributed by atoms with Gasteiger partial charge in [-0.1, -0.05) is 6.92 Å². The first-order valence-corrected chi connectivity index (χ1v) is 3.52. The second-order valence-corrected chi connectivity index (χ2v) is 2.29. The van der Waals surface area contributed by atoms with Crippen molar-refractivity contribution >= 4 is 6.29 Å². The van der Waals surface area contributed by atoms with Crippen LogP contribution in [0, 0.1) is 0 Å². The maximum absolute atomic E-state index is 10.2. The minimum atomic E-state index is -0.0298. The SMILES string of the molecule is CCC=C1NCC(C=O)N1. The van der Waals surface area contributed by atoms with E-state index in [4.69, 9.17) is 0 Å². The molecule has 1 heterocycles. The topological polar surface area (TPSA) is 41.1 Å². The van der Waals surface area contributed by atoms with Gasteiger partial charge in [0, 0.05) is 6.54 Å². The third kappa shape index (κ3) is 1.50. The van der Waals surface area contributed by atoms with Crippen LogP contribution in [0.5, 0.6) is 0 Å². The highest BCUT2D eigenvalue weighted by Gasteiger charge is 2.14. The monoisotopic (exact) mass is 140 g/mol. The Hall–Kier alpha value is -0.990. The lowest BCUT2D eigenvalue weighted by molar-refractivity contribution is -0.108. The Morgan fingerprint density at radius 3 is 3.10 bits per heavy atom. The molecule has 0 spiro atoms. The second kappa shape index (κ2) is 3.25. The van der Waals surface area contributed by atoms with Crippen LogP contribution in [0.3, 0.4) is 0 Å². The highest BCUT2D eigenvalue weighted by Crippen LogP contribution is 1.96. The normalized spacial score (nSPS) is 27.7. The highest BCUT2D eigenvalue weighted by atomic mass is 16.1. The third-order valence-electron chi connectivity index (χ3n) is 1.43. The van der Waals surface area contributed by atoms with Gasteiger partial charge in [0.2, 0.25) is 0 Å². The van der Waals surface area contributed by atoms with Gasteiger partial charge in [-0.15, -0.1) is 0 Å². The van der Waals surface area contributed by atoms with Crippen LogP contribution in [-0.4, -0.2) is 18.9 Å². The van der Waals surface area contributed by atoms with Gasteiger partial charge in [-0.25, -0.2) is 0 Å². The van der Waals surface area contributed by atoms with Crippen LogP contribution >= 0.6 is 0 Å². The molecule has 3 heteroatoms. The first-order chi connectivity index (χ1) is 4.86. The Morgan fingerprint density at radius 2 is 2.60 bits per heavy atom. The van der Waals surface area contributed by atoms with E-state index in [0.717, 1.165) is 25.1 Å². The molecule has 1 aliphatic heterocycles. The van der Waals surface area contributed by atoms with Crippen molar-refractivity contribution in [2.24, 2.45) is 0 Å². The summed E-state index contributed by atoms with van der Waals surface area (Å²) < 4.78 is 0. The fourth-order valence-electron chi connectivity index (χ4n) is 0.939.